The summed E-state index contributed by atoms with van der Waals surface area (Å²) in [5.41, 5.74) is 0. The Bertz CT molecular complexity index is 287. The molecule has 0 N–H and O–H groups in total. The summed E-state index contributed by atoms with van der Waals surface area (Å²) >= 11 is 0. The maximum Gasteiger partial charge on any atom is 0.305 e. The topological polar surface area (TPSA) is 35.5 Å². The molecular formula is C21H40O3. The van der Waals surface area contributed by atoms with Gasteiger partial charge in [-0.1, -0.05) is 84.0 Å². The van der Waals surface area contributed by atoms with Crippen LogP contribution in [0.3, 0.4) is 0 Å². The summed E-state index contributed by atoms with van der Waals surface area (Å²) in [5.74, 6) is 0.745. The van der Waals surface area contributed by atoms with Crippen LogP contribution in [-0.4, -0.2) is 25.8 Å². The van der Waals surface area contributed by atoms with E-state index >= 15 is 0 Å². The fraction of sp³-hybridized carbons (Fsp3) is 0.952. The van der Waals surface area contributed by atoms with E-state index in [-0.39, 0.29) is 5.97 Å². The molecule has 24 heavy (non-hydrogen) atoms. The molecule has 0 aliphatic heterocycles. The normalized spacial score (nSPS) is 14.0. The minimum Gasteiger partial charge on any atom is -0.463 e. The summed E-state index contributed by atoms with van der Waals surface area (Å²) in [6.07, 6.45) is 19.1. The third kappa shape index (κ3) is 15.0. The van der Waals surface area contributed by atoms with Gasteiger partial charge in [-0.25, -0.2) is 0 Å². The zero-order valence-electron chi connectivity index (χ0n) is 16.0. The summed E-state index contributed by atoms with van der Waals surface area (Å²) in [4.78, 5) is 11.4. The molecule has 0 amide bonds. The largest absolute Gasteiger partial charge is 0.463 e. The van der Waals surface area contributed by atoms with Gasteiger partial charge in [0.15, 0.2) is 0 Å². The third-order valence-electron chi connectivity index (χ3n) is 4.84. The molecule has 0 aromatic rings. The predicted molar refractivity (Wildman–Crippen MR) is 100 cm³/mol. The lowest BCUT2D eigenvalue weighted by atomic mass is 10.1. The number of rotatable bonds is 18. The summed E-state index contributed by atoms with van der Waals surface area (Å²) in [7, 11) is 0. The van der Waals surface area contributed by atoms with Crippen LogP contribution in [0.15, 0.2) is 0 Å². The molecule has 3 heteroatoms. The van der Waals surface area contributed by atoms with Gasteiger partial charge in [0.1, 0.15) is 6.61 Å². The minimum absolute atomic E-state index is 0.0554. The van der Waals surface area contributed by atoms with E-state index in [0.29, 0.717) is 19.6 Å². The van der Waals surface area contributed by atoms with E-state index in [1.807, 2.05) is 0 Å². The monoisotopic (exact) mass is 340 g/mol. The van der Waals surface area contributed by atoms with Gasteiger partial charge in [-0.3, -0.25) is 4.79 Å². The average molecular weight is 341 g/mol. The second kappa shape index (κ2) is 15.9. The zero-order valence-corrected chi connectivity index (χ0v) is 16.0. The Morgan fingerprint density at radius 3 is 1.96 bits per heavy atom. The number of unbranched alkanes of at least 4 members (excludes halogenated alkanes) is 10. The van der Waals surface area contributed by atoms with Gasteiger partial charge in [0.2, 0.25) is 0 Å². The fourth-order valence-corrected chi connectivity index (χ4v) is 2.99. The molecule has 1 fully saturated rings. The van der Waals surface area contributed by atoms with E-state index in [1.165, 1.54) is 77.0 Å². The molecule has 3 nitrogen and oxygen atoms in total. The van der Waals surface area contributed by atoms with Crippen molar-refractivity contribution >= 4 is 5.97 Å². The van der Waals surface area contributed by atoms with Crippen molar-refractivity contribution in [2.45, 2.75) is 103 Å². The van der Waals surface area contributed by atoms with E-state index in [1.54, 1.807) is 0 Å². The summed E-state index contributed by atoms with van der Waals surface area (Å²) in [6.45, 7) is 4.04. The molecule has 0 atom stereocenters. The van der Waals surface area contributed by atoms with Gasteiger partial charge < -0.3 is 9.47 Å². The van der Waals surface area contributed by atoms with Gasteiger partial charge >= 0.3 is 5.97 Å². The highest BCUT2D eigenvalue weighted by Gasteiger charge is 2.22. The highest BCUT2D eigenvalue weighted by atomic mass is 16.6. The Labute approximate surface area is 149 Å². The van der Waals surface area contributed by atoms with Crippen molar-refractivity contribution in [2.75, 3.05) is 19.8 Å². The first-order valence-electron chi connectivity index (χ1n) is 10.6. The zero-order chi connectivity index (χ0) is 17.3. The minimum atomic E-state index is -0.0554. The van der Waals surface area contributed by atoms with Gasteiger partial charge in [-0.2, -0.15) is 0 Å². The Balaban J connectivity index is 1.66. The molecular weight excluding hydrogens is 300 g/mol. The molecule has 1 aliphatic rings. The molecule has 0 heterocycles. The number of carbonyl (C=O) groups is 1. The first-order valence-corrected chi connectivity index (χ1v) is 10.6. The second-order valence-corrected chi connectivity index (χ2v) is 7.35. The first kappa shape index (κ1) is 21.5. The molecule has 0 radical (unpaired) electrons. The molecule has 0 spiro atoms. The number of esters is 1. The van der Waals surface area contributed by atoms with Gasteiger partial charge in [0, 0.05) is 13.0 Å². The van der Waals surface area contributed by atoms with Crippen molar-refractivity contribution in [1.29, 1.82) is 0 Å². The van der Waals surface area contributed by atoms with Crippen molar-refractivity contribution in [2.24, 2.45) is 5.92 Å². The van der Waals surface area contributed by atoms with Crippen molar-refractivity contribution in [3.63, 3.8) is 0 Å². The van der Waals surface area contributed by atoms with E-state index < -0.39 is 0 Å². The van der Waals surface area contributed by atoms with Gasteiger partial charge in [-0.15, -0.1) is 0 Å². The smallest absolute Gasteiger partial charge is 0.305 e. The third-order valence-corrected chi connectivity index (χ3v) is 4.84. The Hall–Kier alpha value is -0.570. The second-order valence-electron chi connectivity index (χ2n) is 7.35. The van der Waals surface area contributed by atoms with Gasteiger partial charge in [-0.05, 0) is 18.8 Å². The van der Waals surface area contributed by atoms with E-state index in [4.69, 9.17) is 9.47 Å². The van der Waals surface area contributed by atoms with Crippen LogP contribution in [0.2, 0.25) is 0 Å². The lowest BCUT2D eigenvalue weighted by Gasteiger charge is -2.06. The van der Waals surface area contributed by atoms with Crippen molar-refractivity contribution in [1.82, 2.24) is 0 Å². The highest BCUT2D eigenvalue weighted by Crippen LogP contribution is 2.33. The van der Waals surface area contributed by atoms with Crippen molar-refractivity contribution in [3.8, 4) is 0 Å². The highest BCUT2D eigenvalue weighted by molar-refractivity contribution is 5.69. The lowest BCUT2D eigenvalue weighted by Crippen LogP contribution is -2.11. The maximum atomic E-state index is 11.4. The molecule has 0 unspecified atom stereocenters. The summed E-state index contributed by atoms with van der Waals surface area (Å²) < 4.78 is 10.7. The van der Waals surface area contributed by atoms with Crippen molar-refractivity contribution in [3.05, 3.63) is 0 Å². The molecule has 0 bridgehead atoms. The molecule has 0 aromatic carbocycles. The van der Waals surface area contributed by atoms with Crippen LogP contribution in [-0.2, 0) is 14.3 Å². The van der Waals surface area contributed by atoms with E-state index in [2.05, 4.69) is 6.92 Å². The molecule has 1 rings (SSSR count). The lowest BCUT2D eigenvalue weighted by molar-refractivity contribution is -0.145. The Morgan fingerprint density at radius 1 is 0.792 bits per heavy atom. The molecule has 1 saturated carbocycles. The quantitative estimate of drug-likeness (QED) is 0.225. The summed E-state index contributed by atoms with van der Waals surface area (Å²) in [6, 6.07) is 0. The molecule has 142 valence electrons. The number of hydrogen-bond acceptors (Lipinski definition) is 3. The standard InChI is InChI=1S/C21H40O3/c1-2-3-4-5-6-7-8-9-10-11-12-17-23-18-19-24-21(22)16-15-20-13-14-20/h20H,2-19H2,1H3. The van der Waals surface area contributed by atoms with Crippen LogP contribution in [0.5, 0.6) is 0 Å². The van der Waals surface area contributed by atoms with E-state index in [9.17, 15) is 4.79 Å². The Kier molecular flexibility index (Phi) is 14.3. The average Bonchev–Trinajstić information content (AvgIpc) is 3.41. The maximum absolute atomic E-state index is 11.4. The van der Waals surface area contributed by atoms with Crippen LogP contribution in [0.4, 0.5) is 0 Å². The van der Waals surface area contributed by atoms with Crippen LogP contribution in [0, 0.1) is 5.92 Å². The number of ether oxygens (including phenoxy) is 2. The predicted octanol–water partition coefficient (Wildman–Crippen LogP) is 6.05. The summed E-state index contributed by atoms with van der Waals surface area (Å²) in [5, 5.41) is 0. The van der Waals surface area contributed by atoms with Gasteiger partial charge in [0.25, 0.3) is 0 Å². The van der Waals surface area contributed by atoms with Crippen LogP contribution in [0.1, 0.15) is 103 Å². The van der Waals surface area contributed by atoms with Crippen LogP contribution < -0.4 is 0 Å². The molecule has 0 aromatic heterocycles. The van der Waals surface area contributed by atoms with Crippen LogP contribution in [0.25, 0.3) is 0 Å². The van der Waals surface area contributed by atoms with Gasteiger partial charge in [0.05, 0.1) is 6.61 Å². The van der Waals surface area contributed by atoms with E-state index in [0.717, 1.165) is 25.4 Å². The fourth-order valence-electron chi connectivity index (χ4n) is 2.99. The van der Waals surface area contributed by atoms with Crippen molar-refractivity contribution < 1.29 is 14.3 Å². The molecule has 0 saturated heterocycles. The first-order chi connectivity index (χ1) is 11.8. The number of hydrogen-bond donors (Lipinski definition) is 0. The SMILES string of the molecule is CCCCCCCCCCCCCOCCOC(=O)CCC1CC1. The number of carbonyl (C=O) groups excluding carboxylic acids is 1. The Morgan fingerprint density at radius 2 is 1.38 bits per heavy atom. The molecule has 1 aliphatic carbocycles. The van der Waals surface area contributed by atoms with Crippen LogP contribution >= 0.6 is 0 Å².